The van der Waals surface area contributed by atoms with Crippen LogP contribution in [0.15, 0.2) is 66.9 Å². The van der Waals surface area contributed by atoms with Crippen LogP contribution in [0.1, 0.15) is 28.8 Å². The van der Waals surface area contributed by atoms with Crippen molar-refractivity contribution in [2.24, 2.45) is 0 Å². The average molecular weight is 415 g/mol. The summed E-state index contributed by atoms with van der Waals surface area (Å²) >= 11 is 0. The lowest BCUT2D eigenvalue weighted by atomic mass is 10.0. The van der Waals surface area contributed by atoms with Gasteiger partial charge in [0.15, 0.2) is 0 Å². The van der Waals surface area contributed by atoms with Gasteiger partial charge in [-0.15, -0.1) is 0 Å². The second kappa shape index (κ2) is 7.87. The van der Waals surface area contributed by atoms with Gasteiger partial charge in [0.2, 0.25) is 0 Å². The molecule has 3 aromatic carbocycles. The number of aromatic amines is 1. The summed E-state index contributed by atoms with van der Waals surface area (Å²) in [7, 11) is 1.74. The minimum atomic E-state index is -0.333. The van der Waals surface area contributed by atoms with E-state index in [4.69, 9.17) is 4.74 Å². The summed E-state index contributed by atoms with van der Waals surface area (Å²) in [6.45, 7) is 0.330. The first kappa shape index (κ1) is 19.3. The van der Waals surface area contributed by atoms with Gasteiger partial charge in [0.05, 0.1) is 23.2 Å². The number of aromatic nitrogens is 2. The fraction of sp³-hybridized carbons (Fsp3) is 0.200. The number of hydrogen-bond donors (Lipinski definition) is 1. The van der Waals surface area contributed by atoms with Crippen LogP contribution in [0, 0.1) is 5.82 Å². The summed E-state index contributed by atoms with van der Waals surface area (Å²) in [5, 5.41) is 7.18. The van der Waals surface area contributed by atoms with E-state index >= 15 is 0 Å². The zero-order valence-electron chi connectivity index (χ0n) is 17.1. The Hall–Kier alpha value is -3.67. The maximum Gasteiger partial charge on any atom is 0.254 e. The molecule has 1 fully saturated rings. The van der Waals surface area contributed by atoms with Gasteiger partial charge in [-0.2, -0.15) is 5.10 Å². The Labute approximate surface area is 179 Å². The molecule has 5 nitrogen and oxygen atoms in total. The van der Waals surface area contributed by atoms with Crippen LogP contribution in [0.4, 0.5) is 4.39 Å². The minimum Gasteiger partial charge on any atom is -0.490 e. The topological polar surface area (TPSA) is 58.2 Å². The van der Waals surface area contributed by atoms with Gasteiger partial charge in [-0.1, -0.05) is 36.4 Å². The standard InChI is InChI=1S/C25H22FN3O2/c1-29(15-18-8-12-22(26)21-14-27-28-24(18)21)25(30)17-7-11-20(16-5-3-2-4-6-16)23(13-17)31-19-9-10-19/h2-8,11-14,19H,9-10,15H2,1H3,(H,27,28). The van der Waals surface area contributed by atoms with Gasteiger partial charge in [-0.05, 0) is 48.2 Å². The first-order chi connectivity index (χ1) is 15.1. The molecule has 156 valence electrons. The molecule has 1 heterocycles. The fourth-order valence-corrected chi connectivity index (χ4v) is 3.71. The molecule has 1 amide bonds. The molecule has 4 aromatic rings. The summed E-state index contributed by atoms with van der Waals surface area (Å²) in [5.41, 5.74) is 4.00. The molecule has 1 aromatic heterocycles. The number of fused-ring (bicyclic) bond motifs is 1. The fourth-order valence-electron chi connectivity index (χ4n) is 3.71. The maximum atomic E-state index is 13.9. The van der Waals surface area contributed by atoms with Crippen LogP contribution in [0.2, 0.25) is 0 Å². The highest BCUT2D eigenvalue weighted by molar-refractivity contribution is 5.95. The molecule has 1 saturated carbocycles. The summed E-state index contributed by atoms with van der Waals surface area (Å²) in [4.78, 5) is 14.8. The molecular formula is C25H22FN3O2. The molecule has 5 rings (SSSR count). The number of hydrogen-bond acceptors (Lipinski definition) is 3. The zero-order chi connectivity index (χ0) is 21.4. The van der Waals surface area contributed by atoms with Crippen LogP contribution in [0.3, 0.4) is 0 Å². The molecule has 0 aliphatic heterocycles. The second-order valence-corrected chi connectivity index (χ2v) is 7.92. The van der Waals surface area contributed by atoms with E-state index in [1.165, 1.54) is 12.3 Å². The third kappa shape index (κ3) is 3.89. The van der Waals surface area contributed by atoms with Crippen molar-refractivity contribution in [2.75, 3.05) is 7.05 Å². The van der Waals surface area contributed by atoms with Crippen molar-refractivity contribution in [1.29, 1.82) is 0 Å². The summed E-state index contributed by atoms with van der Waals surface area (Å²) in [6, 6.07) is 18.7. The van der Waals surface area contributed by atoms with E-state index in [0.717, 1.165) is 35.3 Å². The highest BCUT2D eigenvalue weighted by Gasteiger charge is 2.26. The molecule has 0 unspecified atom stereocenters. The third-order valence-corrected chi connectivity index (χ3v) is 5.53. The van der Waals surface area contributed by atoms with Crippen LogP contribution >= 0.6 is 0 Å². The number of carbonyl (C=O) groups excluding carboxylic acids is 1. The largest absolute Gasteiger partial charge is 0.490 e. The SMILES string of the molecule is CN(Cc1ccc(F)c2cn[nH]c12)C(=O)c1ccc(-c2ccccc2)c(OC2CC2)c1. The van der Waals surface area contributed by atoms with E-state index in [-0.39, 0.29) is 17.8 Å². The van der Waals surface area contributed by atoms with Gasteiger partial charge in [0.25, 0.3) is 5.91 Å². The van der Waals surface area contributed by atoms with Crippen LogP contribution in [-0.2, 0) is 6.54 Å². The molecular weight excluding hydrogens is 393 g/mol. The number of rotatable bonds is 6. The van der Waals surface area contributed by atoms with Crippen molar-refractivity contribution in [1.82, 2.24) is 15.1 Å². The Morgan fingerprint density at radius 3 is 2.74 bits per heavy atom. The van der Waals surface area contributed by atoms with Crippen LogP contribution in [0.25, 0.3) is 22.0 Å². The number of benzene rings is 3. The van der Waals surface area contributed by atoms with Gasteiger partial charge in [0, 0.05) is 24.7 Å². The van der Waals surface area contributed by atoms with Crippen molar-refractivity contribution in [3.63, 3.8) is 0 Å². The molecule has 0 atom stereocenters. The Morgan fingerprint density at radius 1 is 1.16 bits per heavy atom. The van der Waals surface area contributed by atoms with Gasteiger partial charge in [0.1, 0.15) is 11.6 Å². The van der Waals surface area contributed by atoms with Crippen molar-refractivity contribution in [2.45, 2.75) is 25.5 Å². The van der Waals surface area contributed by atoms with E-state index in [9.17, 15) is 9.18 Å². The molecule has 0 saturated heterocycles. The molecule has 6 heteroatoms. The predicted molar refractivity (Wildman–Crippen MR) is 117 cm³/mol. The lowest BCUT2D eigenvalue weighted by Gasteiger charge is -2.19. The quantitative estimate of drug-likeness (QED) is 0.472. The molecule has 0 spiro atoms. The number of H-pyrrole nitrogens is 1. The summed E-state index contributed by atoms with van der Waals surface area (Å²) in [5.74, 6) is 0.266. The van der Waals surface area contributed by atoms with Crippen LogP contribution < -0.4 is 4.74 Å². The number of carbonyl (C=O) groups is 1. The predicted octanol–water partition coefficient (Wildman–Crippen LogP) is 5.18. The first-order valence-corrected chi connectivity index (χ1v) is 10.3. The maximum absolute atomic E-state index is 13.9. The number of nitrogens with one attached hydrogen (secondary N) is 1. The molecule has 31 heavy (non-hydrogen) atoms. The van der Waals surface area contributed by atoms with Crippen LogP contribution in [0.5, 0.6) is 5.75 Å². The lowest BCUT2D eigenvalue weighted by Crippen LogP contribution is -2.26. The number of ether oxygens (including phenoxy) is 1. The molecule has 1 N–H and O–H groups in total. The molecule has 0 radical (unpaired) electrons. The first-order valence-electron chi connectivity index (χ1n) is 10.3. The monoisotopic (exact) mass is 415 g/mol. The van der Waals surface area contributed by atoms with Crippen molar-refractivity contribution in [3.8, 4) is 16.9 Å². The number of nitrogens with zero attached hydrogens (tertiary/aromatic N) is 2. The smallest absolute Gasteiger partial charge is 0.254 e. The highest BCUT2D eigenvalue weighted by Crippen LogP contribution is 2.36. The van der Waals surface area contributed by atoms with Gasteiger partial charge in [-0.3, -0.25) is 9.89 Å². The van der Waals surface area contributed by atoms with Crippen LogP contribution in [-0.4, -0.2) is 34.2 Å². The van der Waals surface area contributed by atoms with Crippen molar-refractivity contribution < 1.29 is 13.9 Å². The van der Waals surface area contributed by atoms with E-state index < -0.39 is 0 Å². The summed E-state index contributed by atoms with van der Waals surface area (Å²) < 4.78 is 20.1. The van der Waals surface area contributed by atoms with Crippen molar-refractivity contribution in [3.05, 3.63) is 83.8 Å². The summed E-state index contributed by atoms with van der Waals surface area (Å²) in [6.07, 6.45) is 3.76. The minimum absolute atomic E-state index is 0.128. The van der Waals surface area contributed by atoms with E-state index in [1.807, 2.05) is 48.5 Å². The third-order valence-electron chi connectivity index (χ3n) is 5.53. The number of amides is 1. The van der Waals surface area contributed by atoms with Crippen molar-refractivity contribution >= 4 is 16.8 Å². The van der Waals surface area contributed by atoms with Gasteiger partial charge >= 0.3 is 0 Å². The Kier molecular flexibility index (Phi) is 4.90. The average Bonchev–Trinajstić information content (AvgIpc) is 3.46. The Morgan fingerprint density at radius 2 is 1.97 bits per heavy atom. The number of halogens is 1. The normalized spacial score (nSPS) is 13.4. The zero-order valence-corrected chi connectivity index (χ0v) is 17.1. The van der Waals surface area contributed by atoms with Gasteiger partial charge in [-0.25, -0.2) is 4.39 Å². The lowest BCUT2D eigenvalue weighted by molar-refractivity contribution is 0.0785. The highest BCUT2D eigenvalue weighted by atomic mass is 19.1. The second-order valence-electron chi connectivity index (χ2n) is 7.92. The molecule has 1 aliphatic rings. The molecule has 1 aliphatic carbocycles. The molecule has 0 bridgehead atoms. The van der Waals surface area contributed by atoms with E-state index in [0.29, 0.717) is 23.0 Å². The Bertz CT molecular complexity index is 1250. The van der Waals surface area contributed by atoms with E-state index in [1.54, 1.807) is 18.0 Å². The van der Waals surface area contributed by atoms with E-state index in [2.05, 4.69) is 10.2 Å². The Balaban J connectivity index is 1.42. The van der Waals surface area contributed by atoms with Gasteiger partial charge < -0.3 is 9.64 Å².